The molecule has 0 aliphatic rings. The fraction of sp³-hybridized carbons (Fsp3) is 0.462. The Kier molecular flexibility index (Phi) is 6.52. The highest BCUT2D eigenvalue weighted by Crippen LogP contribution is 2.10. The van der Waals surface area contributed by atoms with Crippen LogP contribution in [0.2, 0.25) is 0 Å². The lowest BCUT2D eigenvalue weighted by Crippen LogP contribution is -2.20. The van der Waals surface area contributed by atoms with Gasteiger partial charge in [-0.2, -0.15) is 0 Å². The van der Waals surface area contributed by atoms with Crippen molar-refractivity contribution in [3.05, 3.63) is 40.4 Å². The van der Waals surface area contributed by atoms with Crippen molar-refractivity contribution in [3.63, 3.8) is 0 Å². The first-order valence-electron chi connectivity index (χ1n) is 6.19. The average Bonchev–Trinajstić information content (AvgIpc) is 2.43. The topological polar surface area (TPSA) is 81.5 Å². The molecule has 0 bridgehead atoms. The average molecular weight is 266 g/mol. The predicted octanol–water partition coefficient (Wildman–Crippen LogP) is 2.43. The Morgan fingerprint density at radius 3 is 2.63 bits per heavy atom. The molecule has 2 atom stereocenters. The second-order valence-corrected chi connectivity index (χ2v) is 4.33. The second-order valence-electron chi connectivity index (χ2n) is 4.33. The van der Waals surface area contributed by atoms with Gasteiger partial charge in [-0.3, -0.25) is 20.4 Å². The van der Waals surface area contributed by atoms with Crippen LogP contribution in [0.4, 0.5) is 5.69 Å². The zero-order valence-electron chi connectivity index (χ0n) is 10.8. The monoisotopic (exact) mass is 266 g/mol. The van der Waals surface area contributed by atoms with Crippen LogP contribution in [-0.2, 0) is 9.63 Å². The Morgan fingerprint density at radius 1 is 1.37 bits per heavy atom. The van der Waals surface area contributed by atoms with Crippen LogP contribution in [0.15, 0.2) is 30.3 Å². The lowest BCUT2D eigenvalue weighted by Gasteiger charge is -2.13. The highest BCUT2D eigenvalue weighted by atomic mass is 16.7. The summed E-state index contributed by atoms with van der Waals surface area (Å²) in [5.41, 5.74) is 3.45. The molecule has 0 aliphatic heterocycles. The fourth-order valence-electron chi connectivity index (χ4n) is 1.52. The fourth-order valence-corrected chi connectivity index (χ4v) is 1.52. The third-order valence-electron chi connectivity index (χ3n) is 2.72. The van der Waals surface area contributed by atoms with E-state index in [-0.39, 0.29) is 4.92 Å². The van der Waals surface area contributed by atoms with Gasteiger partial charge in [-0.15, -0.1) is 0 Å². The molecule has 0 aliphatic carbocycles. The van der Waals surface area contributed by atoms with Crippen molar-refractivity contribution < 1.29 is 14.6 Å². The number of rotatable bonds is 9. The molecule has 0 amide bonds. The summed E-state index contributed by atoms with van der Waals surface area (Å²) < 4.78 is 0. The molecule has 0 aromatic heterocycles. The first-order chi connectivity index (χ1) is 9.13. The molecule has 0 fully saturated rings. The van der Waals surface area contributed by atoms with E-state index in [2.05, 4.69) is 5.48 Å². The summed E-state index contributed by atoms with van der Waals surface area (Å²) in [6.07, 6.45) is 1.57. The lowest BCUT2D eigenvalue weighted by atomic mass is 10.1. The van der Waals surface area contributed by atoms with Crippen molar-refractivity contribution in [1.29, 1.82) is 0 Å². The van der Waals surface area contributed by atoms with E-state index < -0.39 is 12.1 Å². The molecule has 6 nitrogen and oxygen atoms in total. The zero-order valence-corrected chi connectivity index (χ0v) is 10.8. The normalized spacial score (nSPS) is 13.5. The predicted molar refractivity (Wildman–Crippen MR) is 71.3 cm³/mol. The number of para-hydroxylation sites is 1. The van der Waals surface area contributed by atoms with E-state index in [9.17, 15) is 14.9 Å². The van der Waals surface area contributed by atoms with Gasteiger partial charge in [-0.25, -0.2) is 0 Å². The summed E-state index contributed by atoms with van der Waals surface area (Å²) in [7, 11) is 0. The Labute approximate surface area is 111 Å². The maximum atomic E-state index is 10.8. The third-order valence-corrected chi connectivity index (χ3v) is 2.72. The number of nitro groups is 1. The number of benzene rings is 1. The molecule has 1 rings (SSSR count). The summed E-state index contributed by atoms with van der Waals surface area (Å²) >= 11 is 0. The van der Waals surface area contributed by atoms with Gasteiger partial charge in [0.05, 0.1) is 5.69 Å². The molecule has 0 saturated heterocycles. The molecule has 0 radical (unpaired) electrons. The van der Waals surface area contributed by atoms with Gasteiger partial charge in [-0.05, 0) is 25.0 Å². The number of nitrogens with zero attached hydrogens (tertiary/aromatic N) is 1. The van der Waals surface area contributed by atoms with E-state index >= 15 is 0 Å². The molecule has 1 aromatic carbocycles. The summed E-state index contributed by atoms with van der Waals surface area (Å²) in [4.78, 5) is 26.2. The lowest BCUT2D eigenvalue weighted by molar-refractivity contribution is -0.519. The number of carbonyl (C=O) groups excluding carboxylic acids is 1. The molecule has 0 saturated carbocycles. The SMILES string of the molecule is C[C@@H](CCC[C@H](C=O)ONc1ccccc1)[N+](=O)[O-]. The molecule has 1 aromatic rings. The van der Waals surface area contributed by atoms with E-state index in [0.717, 1.165) is 5.69 Å². The first-order valence-corrected chi connectivity index (χ1v) is 6.19. The maximum Gasteiger partial charge on any atom is 0.210 e. The quantitative estimate of drug-likeness (QED) is 0.421. The van der Waals surface area contributed by atoms with Crippen molar-refractivity contribution in [2.45, 2.75) is 38.3 Å². The van der Waals surface area contributed by atoms with E-state index in [4.69, 9.17) is 4.84 Å². The van der Waals surface area contributed by atoms with E-state index in [1.807, 2.05) is 30.3 Å². The summed E-state index contributed by atoms with van der Waals surface area (Å²) in [6.45, 7) is 1.55. The van der Waals surface area contributed by atoms with Crippen LogP contribution in [0.25, 0.3) is 0 Å². The van der Waals surface area contributed by atoms with Gasteiger partial charge in [0.2, 0.25) is 6.04 Å². The van der Waals surface area contributed by atoms with E-state index in [1.165, 1.54) is 0 Å². The third kappa shape index (κ3) is 5.96. The highest BCUT2D eigenvalue weighted by molar-refractivity contribution is 5.56. The van der Waals surface area contributed by atoms with Crippen LogP contribution in [0, 0.1) is 10.1 Å². The Morgan fingerprint density at radius 2 is 2.05 bits per heavy atom. The smallest absolute Gasteiger partial charge is 0.210 e. The van der Waals surface area contributed by atoms with Crippen LogP contribution in [0.5, 0.6) is 0 Å². The van der Waals surface area contributed by atoms with Crippen molar-refractivity contribution >= 4 is 12.0 Å². The molecule has 1 N–H and O–H groups in total. The van der Waals surface area contributed by atoms with Gasteiger partial charge in [0.15, 0.2) is 6.29 Å². The van der Waals surface area contributed by atoms with Crippen molar-refractivity contribution in [3.8, 4) is 0 Å². The Hall–Kier alpha value is -1.95. The molecule has 6 heteroatoms. The molecule has 0 heterocycles. The van der Waals surface area contributed by atoms with Gasteiger partial charge >= 0.3 is 0 Å². The van der Waals surface area contributed by atoms with Crippen molar-refractivity contribution in [2.75, 3.05) is 5.48 Å². The summed E-state index contributed by atoms with van der Waals surface area (Å²) in [5.74, 6) is 0. The number of aldehydes is 1. The van der Waals surface area contributed by atoms with Crippen molar-refractivity contribution in [1.82, 2.24) is 0 Å². The van der Waals surface area contributed by atoms with Crippen LogP contribution >= 0.6 is 0 Å². The van der Waals surface area contributed by atoms with Gasteiger partial charge in [0, 0.05) is 18.3 Å². The standard InChI is InChI=1S/C13H18N2O4/c1-11(15(17)18)6-5-9-13(10-16)19-14-12-7-3-2-4-8-12/h2-4,7-8,10-11,13-14H,5-6,9H2,1H3/t11-,13+/m0/s1. The van der Waals surface area contributed by atoms with Gasteiger partial charge in [-0.1, -0.05) is 18.2 Å². The second kappa shape index (κ2) is 8.20. The van der Waals surface area contributed by atoms with Crippen LogP contribution in [0.3, 0.4) is 0 Å². The highest BCUT2D eigenvalue weighted by Gasteiger charge is 2.14. The van der Waals surface area contributed by atoms with Crippen molar-refractivity contribution in [2.24, 2.45) is 0 Å². The Balaban J connectivity index is 2.26. The summed E-state index contributed by atoms with van der Waals surface area (Å²) in [5, 5.41) is 10.4. The minimum atomic E-state index is -0.598. The Bertz CT molecular complexity index is 397. The number of carbonyl (C=O) groups is 1. The minimum absolute atomic E-state index is 0.320. The van der Waals surface area contributed by atoms with Gasteiger partial charge < -0.3 is 4.79 Å². The summed E-state index contributed by atoms with van der Waals surface area (Å²) in [6, 6.07) is 8.62. The number of anilines is 1. The van der Waals surface area contributed by atoms with Crippen LogP contribution in [0.1, 0.15) is 26.2 Å². The minimum Gasteiger partial charge on any atom is -0.300 e. The van der Waals surface area contributed by atoms with Gasteiger partial charge in [0.1, 0.15) is 6.10 Å². The van der Waals surface area contributed by atoms with Crippen LogP contribution in [-0.4, -0.2) is 23.4 Å². The maximum absolute atomic E-state index is 10.8. The first kappa shape index (κ1) is 15.1. The van der Waals surface area contributed by atoms with Crippen LogP contribution < -0.4 is 5.48 Å². The molecule has 104 valence electrons. The number of nitrogens with one attached hydrogen (secondary N) is 1. The van der Waals surface area contributed by atoms with E-state index in [1.54, 1.807) is 6.92 Å². The van der Waals surface area contributed by atoms with Gasteiger partial charge in [0.25, 0.3) is 0 Å². The number of hydrogen-bond donors (Lipinski definition) is 1. The zero-order chi connectivity index (χ0) is 14.1. The molecular weight excluding hydrogens is 248 g/mol. The molecule has 0 spiro atoms. The molecule has 19 heavy (non-hydrogen) atoms. The number of hydrogen-bond acceptors (Lipinski definition) is 5. The van der Waals surface area contributed by atoms with E-state index in [0.29, 0.717) is 25.5 Å². The molecular formula is C13H18N2O4. The molecule has 0 unspecified atom stereocenters. The largest absolute Gasteiger partial charge is 0.300 e.